The Labute approximate surface area is 142 Å². The predicted octanol–water partition coefficient (Wildman–Crippen LogP) is 2.80. The molecular formula is C20H24N2O2. The highest BCUT2D eigenvalue weighted by Crippen LogP contribution is 2.34. The smallest absolute Gasteiger partial charge is 0.239 e. The lowest BCUT2D eigenvalue weighted by molar-refractivity contribution is -0.124. The van der Waals surface area contributed by atoms with E-state index in [4.69, 9.17) is 5.73 Å². The largest absolute Gasteiger partial charge is 0.388 e. The molecule has 0 unspecified atom stereocenters. The van der Waals surface area contributed by atoms with Crippen LogP contribution in [0.2, 0.25) is 0 Å². The Morgan fingerprint density at radius 3 is 2.25 bits per heavy atom. The number of aliphatic hydroxyl groups excluding tert-OH is 1. The molecule has 1 saturated heterocycles. The van der Waals surface area contributed by atoms with Crippen molar-refractivity contribution in [2.24, 2.45) is 5.73 Å². The summed E-state index contributed by atoms with van der Waals surface area (Å²) in [7, 11) is 0. The van der Waals surface area contributed by atoms with Gasteiger partial charge in [0.1, 0.15) is 6.04 Å². The van der Waals surface area contributed by atoms with Gasteiger partial charge in [-0.3, -0.25) is 9.69 Å². The third-order valence-electron chi connectivity index (χ3n) is 4.82. The minimum Gasteiger partial charge on any atom is -0.388 e. The fourth-order valence-corrected chi connectivity index (χ4v) is 3.67. The van der Waals surface area contributed by atoms with E-state index in [9.17, 15) is 9.90 Å². The number of primary amides is 1. The van der Waals surface area contributed by atoms with E-state index in [1.165, 1.54) is 0 Å². The standard InChI is InChI=1S/C20H24N2O2/c21-20(24)19(16-10-5-2-6-11-16)22-13-7-12-17(22)14-18(23)15-8-3-1-4-9-15/h1-6,8-11,17-19,23H,7,12-14H2,(H2,21,24)/t17-,18-,19-/m0/s1. The fraction of sp³-hybridized carbons (Fsp3) is 0.350. The molecule has 0 radical (unpaired) electrons. The van der Waals surface area contributed by atoms with Gasteiger partial charge in [-0.2, -0.15) is 0 Å². The Morgan fingerprint density at radius 1 is 1.08 bits per heavy atom. The van der Waals surface area contributed by atoms with Crippen molar-refractivity contribution in [3.05, 3.63) is 71.8 Å². The SMILES string of the molecule is NC(=O)[C@H](c1ccccc1)N1CCC[C@H]1C[C@H](O)c1ccccc1. The fourth-order valence-electron chi connectivity index (χ4n) is 3.67. The third kappa shape index (κ3) is 3.66. The van der Waals surface area contributed by atoms with Crippen molar-refractivity contribution >= 4 is 5.91 Å². The Bertz CT molecular complexity index is 660. The van der Waals surface area contributed by atoms with E-state index in [0.717, 1.165) is 30.5 Å². The number of amides is 1. The summed E-state index contributed by atoms with van der Waals surface area (Å²) in [6.07, 6.45) is 2.07. The van der Waals surface area contributed by atoms with E-state index in [-0.39, 0.29) is 11.9 Å². The third-order valence-corrected chi connectivity index (χ3v) is 4.82. The number of nitrogens with zero attached hydrogens (tertiary/aromatic N) is 1. The summed E-state index contributed by atoms with van der Waals surface area (Å²) in [4.78, 5) is 14.3. The van der Waals surface area contributed by atoms with E-state index < -0.39 is 12.1 Å². The number of likely N-dealkylation sites (tertiary alicyclic amines) is 1. The van der Waals surface area contributed by atoms with Crippen LogP contribution < -0.4 is 5.73 Å². The van der Waals surface area contributed by atoms with Gasteiger partial charge in [-0.25, -0.2) is 0 Å². The van der Waals surface area contributed by atoms with Crippen molar-refractivity contribution in [1.29, 1.82) is 0 Å². The van der Waals surface area contributed by atoms with Crippen LogP contribution in [0.15, 0.2) is 60.7 Å². The van der Waals surface area contributed by atoms with E-state index in [1.54, 1.807) is 0 Å². The highest BCUT2D eigenvalue weighted by Gasteiger charge is 2.35. The van der Waals surface area contributed by atoms with Crippen molar-refractivity contribution in [3.8, 4) is 0 Å². The van der Waals surface area contributed by atoms with Crippen LogP contribution in [-0.4, -0.2) is 28.5 Å². The van der Waals surface area contributed by atoms with Crippen LogP contribution in [0.3, 0.4) is 0 Å². The second kappa shape index (κ2) is 7.60. The predicted molar refractivity (Wildman–Crippen MR) is 94.1 cm³/mol. The quantitative estimate of drug-likeness (QED) is 0.858. The Balaban J connectivity index is 1.77. The molecule has 1 amide bonds. The maximum Gasteiger partial charge on any atom is 0.239 e. The molecular weight excluding hydrogens is 300 g/mol. The zero-order valence-electron chi connectivity index (χ0n) is 13.7. The van der Waals surface area contributed by atoms with Crippen LogP contribution in [0.4, 0.5) is 0 Å². The van der Waals surface area contributed by atoms with E-state index >= 15 is 0 Å². The molecule has 3 N–H and O–H groups in total. The maximum absolute atomic E-state index is 12.1. The lowest BCUT2D eigenvalue weighted by Gasteiger charge is -2.32. The van der Waals surface area contributed by atoms with Crippen LogP contribution in [0.25, 0.3) is 0 Å². The highest BCUT2D eigenvalue weighted by atomic mass is 16.3. The molecule has 2 aromatic rings. The van der Waals surface area contributed by atoms with Gasteiger partial charge in [0.15, 0.2) is 0 Å². The van der Waals surface area contributed by atoms with Gasteiger partial charge < -0.3 is 10.8 Å². The second-order valence-corrected chi connectivity index (χ2v) is 6.41. The topological polar surface area (TPSA) is 66.6 Å². The Morgan fingerprint density at radius 2 is 1.67 bits per heavy atom. The average molecular weight is 324 g/mol. The first-order valence-electron chi connectivity index (χ1n) is 8.50. The molecule has 1 fully saturated rings. The van der Waals surface area contributed by atoms with Gasteiger partial charge in [0.05, 0.1) is 6.10 Å². The van der Waals surface area contributed by atoms with Crippen molar-refractivity contribution in [1.82, 2.24) is 4.90 Å². The molecule has 0 bridgehead atoms. The summed E-state index contributed by atoms with van der Waals surface area (Å²) < 4.78 is 0. The molecule has 2 aromatic carbocycles. The van der Waals surface area contributed by atoms with Gasteiger partial charge in [-0.15, -0.1) is 0 Å². The Hall–Kier alpha value is -2.17. The van der Waals surface area contributed by atoms with E-state index in [0.29, 0.717) is 6.42 Å². The highest BCUT2D eigenvalue weighted by molar-refractivity contribution is 5.81. The van der Waals surface area contributed by atoms with E-state index in [1.807, 2.05) is 60.7 Å². The number of aliphatic hydroxyl groups is 1. The molecule has 0 aromatic heterocycles. The minimum atomic E-state index is -0.527. The zero-order chi connectivity index (χ0) is 16.9. The maximum atomic E-state index is 12.1. The minimum absolute atomic E-state index is 0.151. The summed E-state index contributed by atoms with van der Waals surface area (Å²) >= 11 is 0. The van der Waals surface area contributed by atoms with Crippen molar-refractivity contribution in [3.63, 3.8) is 0 Å². The number of carbonyl (C=O) groups excluding carboxylic acids is 1. The second-order valence-electron chi connectivity index (χ2n) is 6.41. The van der Waals surface area contributed by atoms with Crippen molar-refractivity contribution in [2.45, 2.75) is 37.5 Å². The first-order valence-corrected chi connectivity index (χ1v) is 8.50. The Kier molecular flexibility index (Phi) is 5.28. The van der Waals surface area contributed by atoms with Crippen LogP contribution in [0.1, 0.15) is 42.5 Å². The lowest BCUT2D eigenvalue weighted by atomic mass is 9.98. The molecule has 0 saturated carbocycles. The molecule has 0 aliphatic carbocycles. The van der Waals surface area contributed by atoms with Crippen LogP contribution in [0, 0.1) is 0 Å². The van der Waals surface area contributed by atoms with Gasteiger partial charge in [0.25, 0.3) is 0 Å². The molecule has 24 heavy (non-hydrogen) atoms. The summed E-state index contributed by atoms with van der Waals surface area (Å²) in [6, 6.07) is 19.1. The molecule has 0 spiro atoms. The lowest BCUT2D eigenvalue weighted by Crippen LogP contribution is -2.41. The summed E-state index contributed by atoms with van der Waals surface area (Å²) in [5.74, 6) is -0.331. The molecule has 1 aliphatic heterocycles. The molecule has 3 atom stereocenters. The first-order chi connectivity index (χ1) is 11.7. The number of hydrogen-bond donors (Lipinski definition) is 2. The average Bonchev–Trinajstić information content (AvgIpc) is 3.04. The molecule has 4 nitrogen and oxygen atoms in total. The molecule has 126 valence electrons. The molecule has 3 rings (SSSR count). The van der Waals surface area contributed by atoms with Crippen LogP contribution >= 0.6 is 0 Å². The number of carbonyl (C=O) groups is 1. The van der Waals surface area contributed by atoms with Crippen LogP contribution in [-0.2, 0) is 4.79 Å². The van der Waals surface area contributed by atoms with Gasteiger partial charge in [-0.1, -0.05) is 60.7 Å². The molecule has 1 heterocycles. The monoisotopic (exact) mass is 324 g/mol. The number of nitrogens with two attached hydrogens (primary N) is 1. The first kappa shape index (κ1) is 16.7. The number of rotatable bonds is 6. The molecule has 1 aliphatic rings. The number of hydrogen-bond acceptors (Lipinski definition) is 3. The normalized spacial score (nSPS) is 20.6. The summed E-state index contributed by atoms with van der Waals surface area (Å²) in [6.45, 7) is 0.828. The van der Waals surface area contributed by atoms with Gasteiger partial charge >= 0.3 is 0 Å². The van der Waals surface area contributed by atoms with Gasteiger partial charge in [0.2, 0.25) is 5.91 Å². The summed E-state index contributed by atoms with van der Waals surface area (Å²) in [5, 5.41) is 10.5. The van der Waals surface area contributed by atoms with Gasteiger partial charge in [0, 0.05) is 6.04 Å². The van der Waals surface area contributed by atoms with Gasteiger partial charge in [-0.05, 0) is 36.9 Å². The molecule has 4 heteroatoms. The van der Waals surface area contributed by atoms with Crippen molar-refractivity contribution in [2.75, 3.05) is 6.54 Å². The summed E-state index contributed by atoms with van der Waals surface area (Å²) in [5.41, 5.74) is 7.55. The van der Waals surface area contributed by atoms with Crippen LogP contribution in [0.5, 0.6) is 0 Å². The van der Waals surface area contributed by atoms with Crippen molar-refractivity contribution < 1.29 is 9.90 Å². The zero-order valence-corrected chi connectivity index (χ0v) is 13.7. The number of benzene rings is 2. The van der Waals surface area contributed by atoms with E-state index in [2.05, 4.69) is 4.90 Å².